The number of thioether (sulfide) groups is 1. The number of hydrogen-bond donors (Lipinski definition) is 1. The highest BCUT2D eigenvalue weighted by Gasteiger charge is 2.19. The molecule has 4 nitrogen and oxygen atoms in total. The first-order chi connectivity index (χ1) is 13.7. The molecule has 2 aromatic carbocycles. The van der Waals surface area contributed by atoms with Gasteiger partial charge in [-0.2, -0.15) is 17.0 Å². The molecule has 2 aliphatic rings. The standard InChI is InChI=1S/C23H23N3OS/c24-13-20(23(27)25-14-22-6-3-11-28-22)12-17-7-9-21(10-8-17)26-15-18-4-1-2-5-19(18)16-26/h1-2,4-5,7-10,12,22H,3,6,11,14-16H2,(H,25,27)/b20-12-. The van der Waals surface area contributed by atoms with Crippen molar-refractivity contribution < 1.29 is 4.79 Å². The number of hydrogen-bond acceptors (Lipinski definition) is 4. The molecule has 1 atom stereocenters. The van der Waals surface area contributed by atoms with Crippen LogP contribution >= 0.6 is 11.8 Å². The molecule has 142 valence electrons. The Balaban J connectivity index is 1.40. The van der Waals surface area contributed by atoms with Gasteiger partial charge in [-0.1, -0.05) is 36.4 Å². The van der Waals surface area contributed by atoms with Crippen molar-refractivity contribution in [2.45, 2.75) is 31.2 Å². The van der Waals surface area contributed by atoms with E-state index in [0.29, 0.717) is 11.8 Å². The molecule has 2 aliphatic heterocycles. The van der Waals surface area contributed by atoms with Gasteiger partial charge in [0.05, 0.1) is 0 Å². The Kier molecular flexibility index (Phi) is 5.68. The topological polar surface area (TPSA) is 56.1 Å². The summed E-state index contributed by atoms with van der Waals surface area (Å²) in [5, 5.41) is 12.8. The van der Waals surface area contributed by atoms with Gasteiger partial charge in [0.1, 0.15) is 11.6 Å². The predicted octanol–water partition coefficient (Wildman–Crippen LogP) is 4.13. The van der Waals surface area contributed by atoms with Crippen LogP contribution in [0, 0.1) is 11.3 Å². The highest BCUT2D eigenvalue weighted by molar-refractivity contribution is 8.00. The van der Waals surface area contributed by atoms with Gasteiger partial charge in [-0.05, 0) is 53.5 Å². The molecule has 1 fully saturated rings. The minimum Gasteiger partial charge on any atom is -0.363 e. The number of nitriles is 1. The van der Waals surface area contributed by atoms with Crippen LogP contribution in [0.4, 0.5) is 5.69 Å². The third kappa shape index (κ3) is 4.23. The molecule has 0 aliphatic carbocycles. The molecule has 1 saturated heterocycles. The van der Waals surface area contributed by atoms with Crippen molar-refractivity contribution >= 4 is 29.4 Å². The van der Waals surface area contributed by atoms with E-state index in [0.717, 1.165) is 36.5 Å². The fraction of sp³-hybridized carbons (Fsp3) is 0.304. The minimum atomic E-state index is -0.283. The minimum absolute atomic E-state index is 0.157. The molecule has 0 bridgehead atoms. The van der Waals surface area contributed by atoms with E-state index in [1.54, 1.807) is 6.08 Å². The molecule has 0 aromatic heterocycles. The third-order valence-corrected chi connectivity index (χ3v) is 6.69. The van der Waals surface area contributed by atoms with Crippen LogP contribution in [-0.4, -0.2) is 23.5 Å². The van der Waals surface area contributed by atoms with Crippen LogP contribution in [0.25, 0.3) is 6.08 Å². The van der Waals surface area contributed by atoms with E-state index in [1.807, 2.05) is 30.0 Å². The Morgan fingerprint density at radius 2 is 1.89 bits per heavy atom. The van der Waals surface area contributed by atoms with Crippen LogP contribution in [-0.2, 0) is 17.9 Å². The van der Waals surface area contributed by atoms with E-state index in [4.69, 9.17) is 0 Å². The first kappa shape index (κ1) is 18.6. The molecule has 4 rings (SSSR count). The zero-order valence-electron chi connectivity index (χ0n) is 15.7. The van der Waals surface area contributed by atoms with Crippen LogP contribution in [0.1, 0.15) is 29.5 Å². The first-order valence-electron chi connectivity index (χ1n) is 9.66. The predicted molar refractivity (Wildman–Crippen MR) is 115 cm³/mol. The van der Waals surface area contributed by atoms with E-state index >= 15 is 0 Å². The number of amides is 1. The van der Waals surface area contributed by atoms with Crippen LogP contribution in [0.3, 0.4) is 0 Å². The maximum atomic E-state index is 12.3. The number of carbonyl (C=O) groups is 1. The zero-order valence-corrected chi connectivity index (χ0v) is 16.5. The fourth-order valence-corrected chi connectivity index (χ4v) is 4.92. The number of benzene rings is 2. The average molecular weight is 390 g/mol. The lowest BCUT2D eigenvalue weighted by atomic mass is 10.1. The molecule has 0 saturated carbocycles. The summed E-state index contributed by atoms with van der Waals surface area (Å²) in [6, 6.07) is 18.6. The summed E-state index contributed by atoms with van der Waals surface area (Å²) in [5.41, 5.74) is 4.91. The number of nitrogens with one attached hydrogen (secondary N) is 1. The van der Waals surface area contributed by atoms with Gasteiger partial charge in [0, 0.05) is 30.6 Å². The van der Waals surface area contributed by atoms with Gasteiger partial charge in [-0.25, -0.2) is 0 Å². The lowest BCUT2D eigenvalue weighted by Gasteiger charge is -2.17. The van der Waals surface area contributed by atoms with Crippen molar-refractivity contribution in [2.24, 2.45) is 0 Å². The molecule has 2 aromatic rings. The number of carbonyl (C=O) groups excluding carboxylic acids is 1. The quantitative estimate of drug-likeness (QED) is 0.617. The summed E-state index contributed by atoms with van der Waals surface area (Å²) in [4.78, 5) is 14.6. The smallest absolute Gasteiger partial charge is 0.261 e. The summed E-state index contributed by atoms with van der Waals surface area (Å²) in [7, 11) is 0. The molecule has 0 spiro atoms. The number of rotatable bonds is 5. The Bertz CT molecular complexity index is 899. The highest BCUT2D eigenvalue weighted by atomic mass is 32.2. The monoisotopic (exact) mass is 389 g/mol. The molecular weight excluding hydrogens is 366 g/mol. The second-order valence-electron chi connectivity index (χ2n) is 7.23. The van der Waals surface area contributed by atoms with Gasteiger partial charge in [0.2, 0.25) is 0 Å². The van der Waals surface area contributed by atoms with Crippen molar-refractivity contribution in [1.82, 2.24) is 5.32 Å². The van der Waals surface area contributed by atoms with Gasteiger partial charge >= 0.3 is 0 Å². The SMILES string of the molecule is N#C/C(=C/c1ccc(N2Cc3ccccc3C2)cc1)C(=O)NCC1CCCS1. The van der Waals surface area contributed by atoms with Crippen LogP contribution in [0.5, 0.6) is 0 Å². The Hall–Kier alpha value is -2.71. The lowest BCUT2D eigenvalue weighted by Crippen LogP contribution is -2.30. The second-order valence-corrected chi connectivity index (χ2v) is 8.64. The largest absolute Gasteiger partial charge is 0.363 e. The second kappa shape index (κ2) is 8.53. The van der Waals surface area contributed by atoms with Crippen molar-refractivity contribution in [3.63, 3.8) is 0 Å². The van der Waals surface area contributed by atoms with Crippen LogP contribution in [0.2, 0.25) is 0 Å². The molecule has 0 radical (unpaired) electrons. The van der Waals surface area contributed by atoms with E-state index in [1.165, 1.54) is 17.5 Å². The summed E-state index contributed by atoms with van der Waals surface area (Å²) in [6.45, 7) is 2.46. The zero-order chi connectivity index (χ0) is 19.3. The Morgan fingerprint density at radius 1 is 1.18 bits per heavy atom. The summed E-state index contributed by atoms with van der Waals surface area (Å²) < 4.78 is 0. The normalized spacial score (nSPS) is 18.6. The van der Waals surface area contributed by atoms with E-state index < -0.39 is 0 Å². The Morgan fingerprint density at radius 3 is 2.50 bits per heavy atom. The van der Waals surface area contributed by atoms with Crippen molar-refractivity contribution in [2.75, 3.05) is 17.2 Å². The van der Waals surface area contributed by atoms with Gasteiger partial charge < -0.3 is 10.2 Å². The lowest BCUT2D eigenvalue weighted by molar-refractivity contribution is -0.117. The van der Waals surface area contributed by atoms with Crippen molar-refractivity contribution in [1.29, 1.82) is 5.26 Å². The molecule has 1 N–H and O–H groups in total. The maximum Gasteiger partial charge on any atom is 0.261 e. The Labute approximate surface area is 170 Å². The number of nitrogens with zero attached hydrogens (tertiary/aromatic N) is 2. The van der Waals surface area contributed by atoms with Crippen molar-refractivity contribution in [3.05, 3.63) is 70.8 Å². The molecular formula is C23H23N3OS. The van der Waals surface area contributed by atoms with E-state index in [-0.39, 0.29) is 11.5 Å². The third-order valence-electron chi connectivity index (χ3n) is 5.29. The molecule has 28 heavy (non-hydrogen) atoms. The van der Waals surface area contributed by atoms with E-state index in [9.17, 15) is 10.1 Å². The molecule has 1 unspecified atom stereocenters. The maximum absolute atomic E-state index is 12.3. The van der Waals surface area contributed by atoms with Gasteiger partial charge in [-0.3, -0.25) is 4.79 Å². The van der Waals surface area contributed by atoms with Crippen LogP contribution in [0.15, 0.2) is 54.1 Å². The van der Waals surface area contributed by atoms with E-state index in [2.05, 4.69) is 46.6 Å². The average Bonchev–Trinajstić information content (AvgIpc) is 3.40. The summed E-state index contributed by atoms with van der Waals surface area (Å²) in [6.07, 6.45) is 4.01. The molecule has 1 amide bonds. The van der Waals surface area contributed by atoms with Gasteiger partial charge in [0.25, 0.3) is 5.91 Å². The van der Waals surface area contributed by atoms with Gasteiger partial charge in [-0.15, -0.1) is 0 Å². The van der Waals surface area contributed by atoms with Crippen LogP contribution < -0.4 is 10.2 Å². The highest BCUT2D eigenvalue weighted by Crippen LogP contribution is 2.28. The fourth-order valence-electron chi connectivity index (χ4n) is 3.72. The number of fused-ring (bicyclic) bond motifs is 1. The molecule has 5 heteroatoms. The van der Waals surface area contributed by atoms with Gasteiger partial charge in [0.15, 0.2) is 0 Å². The van der Waals surface area contributed by atoms with Crippen molar-refractivity contribution in [3.8, 4) is 6.07 Å². The summed E-state index contributed by atoms with van der Waals surface area (Å²) >= 11 is 1.90. The number of anilines is 1. The first-order valence-corrected chi connectivity index (χ1v) is 10.7. The summed E-state index contributed by atoms with van der Waals surface area (Å²) in [5.74, 6) is 0.879. The molecule has 2 heterocycles.